The van der Waals surface area contributed by atoms with Crippen LogP contribution in [0, 0.1) is 0 Å². The summed E-state index contributed by atoms with van der Waals surface area (Å²) in [6.07, 6.45) is 4.61. The number of H-pyrrole nitrogens is 1. The van der Waals surface area contributed by atoms with Gasteiger partial charge in [-0.15, -0.1) is 10.2 Å². The van der Waals surface area contributed by atoms with Crippen molar-refractivity contribution >= 4 is 22.7 Å². The largest absolute Gasteiger partial charge is 0.365 e. The minimum Gasteiger partial charge on any atom is -0.365 e. The van der Waals surface area contributed by atoms with E-state index in [1.807, 2.05) is 0 Å². The summed E-state index contributed by atoms with van der Waals surface area (Å²) >= 11 is 0. The van der Waals surface area contributed by atoms with Gasteiger partial charge in [0.2, 0.25) is 0 Å². The minimum atomic E-state index is -0.510. The standard InChI is InChI=1S/C8H6N6O/c9-7(15)4-1-10-8-6(4)14-3-12-13-5(14)2-11-8/h1-3,10H,(H2,9,15). The second-order valence-electron chi connectivity index (χ2n) is 3.08. The molecule has 15 heavy (non-hydrogen) atoms. The highest BCUT2D eigenvalue weighted by molar-refractivity contribution is 6.04. The van der Waals surface area contributed by atoms with Crippen molar-refractivity contribution in [2.24, 2.45) is 5.73 Å². The predicted molar refractivity (Wildman–Crippen MR) is 51.2 cm³/mol. The first-order chi connectivity index (χ1) is 7.27. The molecule has 0 saturated heterocycles. The van der Waals surface area contributed by atoms with Crippen molar-refractivity contribution in [1.29, 1.82) is 0 Å². The van der Waals surface area contributed by atoms with Crippen LogP contribution in [0.1, 0.15) is 10.4 Å². The quantitative estimate of drug-likeness (QED) is 0.565. The Morgan fingerprint density at radius 2 is 2.40 bits per heavy atom. The van der Waals surface area contributed by atoms with Gasteiger partial charge in [-0.25, -0.2) is 4.98 Å². The van der Waals surface area contributed by atoms with Crippen LogP contribution < -0.4 is 5.73 Å². The molecule has 0 aromatic carbocycles. The van der Waals surface area contributed by atoms with Crippen LogP contribution in [-0.4, -0.2) is 30.5 Å². The molecule has 3 heterocycles. The Bertz CT molecular complexity index is 666. The van der Waals surface area contributed by atoms with Crippen molar-refractivity contribution in [3.8, 4) is 0 Å². The van der Waals surface area contributed by atoms with E-state index in [9.17, 15) is 4.79 Å². The summed E-state index contributed by atoms with van der Waals surface area (Å²) < 4.78 is 1.67. The van der Waals surface area contributed by atoms with Gasteiger partial charge in [0.05, 0.1) is 11.8 Å². The van der Waals surface area contributed by atoms with Crippen molar-refractivity contribution < 1.29 is 4.79 Å². The molecule has 3 aromatic rings. The van der Waals surface area contributed by atoms with Gasteiger partial charge in [-0.05, 0) is 0 Å². The zero-order chi connectivity index (χ0) is 10.4. The maximum absolute atomic E-state index is 11.2. The van der Waals surface area contributed by atoms with E-state index in [0.29, 0.717) is 22.4 Å². The number of nitrogens with zero attached hydrogens (tertiary/aromatic N) is 4. The van der Waals surface area contributed by atoms with Gasteiger partial charge in [-0.2, -0.15) is 0 Å². The lowest BCUT2D eigenvalue weighted by Crippen LogP contribution is -2.11. The third-order valence-electron chi connectivity index (χ3n) is 2.22. The molecule has 0 aliphatic carbocycles. The Balaban J connectivity index is 2.57. The van der Waals surface area contributed by atoms with E-state index in [2.05, 4.69) is 20.2 Å². The normalized spacial score (nSPS) is 11.2. The number of fused-ring (bicyclic) bond motifs is 3. The molecule has 74 valence electrons. The molecule has 0 aliphatic heterocycles. The molecule has 0 fully saturated rings. The van der Waals surface area contributed by atoms with Crippen LogP contribution in [0.5, 0.6) is 0 Å². The highest BCUT2D eigenvalue weighted by Gasteiger charge is 2.13. The number of aromatic nitrogens is 5. The highest BCUT2D eigenvalue weighted by atomic mass is 16.1. The molecule has 3 N–H and O–H groups in total. The van der Waals surface area contributed by atoms with Crippen molar-refractivity contribution in [2.75, 3.05) is 0 Å². The summed E-state index contributed by atoms with van der Waals surface area (Å²) in [7, 11) is 0. The summed E-state index contributed by atoms with van der Waals surface area (Å²) in [4.78, 5) is 18.1. The fraction of sp³-hybridized carbons (Fsp3) is 0. The third-order valence-corrected chi connectivity index (χ3v) is 2.22. The molecule has 0 atom stereocenters. The lowest BCUT2D eigenvalue weighted by molar-refractivity contribution is 0.100. The van der Waals surface area contributed by atoms with E-state index in [1.165, 1.54) is 12.5 Å². The molecule has 0 aliphatic rings. The number of rotatable bonds is 1. The van der Waals surface area contributed by atoms with E-state index < -0.39 is 5.91 Å². The summed E-state index contributed by atoms with van der Waals surface area (Å²) in [5, 5.41) is 7.57. The van der Waals surface area contributed by atoms with Crippen LogP contribution in [-0.2, 0) is 0 Å². The average Bonchev–Trinajstić information content (AvgIpc) is 2.82. The SMILES string of the molecule is NC(=O)c1c[nH]c2ncc3nncn3c12. The van der Waals surface area contributed by atoms with Gasteiger partial charge in [-0.1, -0.05) is 0 Å². The minimum absolute atomic E-state index is 0.378. The van der Waals surface area contributed by atoms with E-state index in [1.54, 1.807) is 10.6 Å². The fourth-order valence-corrected chi connectivity index (χ4v) is 1.56. The van der Waals surface area contributed by atoms with Crippen molar-refractivity contribution in [3.05, 3.63) is 24.3 Å². The van der Waals surface area contributed by atoms with Crippen molar-refractivity contribution in [3.63, 3.8) is 0 Å². The third kappa shape index (κ3) is 0.938. The summed E-state index contributed by atoms with van der Waals surface area (Å²) in [6.45, 7) is 0. The number of carbonyl (C=O) groups excluding carboxylic acids is 1. The monoisotopic (exact) mass is 202 g/mol. The molecule has 3 rings (SSSR count). The summed E-state index contributed by atoms with van der Waals surface area (Å²) in [5.74, 6) is -0.510. The first-order valence-corrected chi connectivity index (χ1v) is 4.23. The van der Waals surface area contributed by atoms with Crippen LogP contribution in [0.25, 0.3) is 16.8 Å². The molecule has 0 saturated carbocycles. The highest BCUT2D eigenvalue weighted by Crippen LogP contribution is 2.16. The molecule has 3 aromatic heterocycles. The number of aromatic amines is 1. The van der Waals surface area contributed by atoms with Crippen LogP contribution in [0.2, 0.25) is 0 Å². The van der Waals surface area contributed by atoms with Gasteiger partial charge in [0.25, 0.3) is 5.91 Å². The fourth-order valence-electron chi connectivity index (χ4n) is 1.56. The number of amides is 1. The number of nitrogens with one attached hydrogen (secondary N) is 1. The average molecular weight is 202 g/mol. The van der Waals surface area contributed by atoms with E-state index in [-0.39, 0.29) is 0 Å². The van der Waals surface area contributed by atoms with Gasteiger partial charge in [0.1, 0.15) is 11.8 Å². The van der Waals surface area contributed by atoms with Crippen molar-refractivity contribution in [2.45, 2.75) is 0 Å². The molecule has 0 bridgehead atoms. The first kappa shape index (κ1) is 7.92. The maximum atomic E-state index is 11.2. The van der Waals surface area contributed by atoms with Gasteiger partial charge in [-0.3, -0.25) is 9.20 Å². The maximum Gasteiger partial charge on any atom is 0.252 e. The zero-order valence-electron chi connectivity index (χ0n) is 7.51. The number of hydrogen-bond acceptors (Lipinski definition) is 4. The van der Waals surface area contributed by atoms with Crippen LogP contribution in [0.3, 0.4) is 0 Å². The molecule has 0 radical (unpaired) electrons. The Hall–Kier alpha value is -2.44. The van der Waals surface area contributed by atoms with Crippen molar-refractivity contribution in [1.82, 2.24) is 24.6 Å². The Labute approximate surface area is 82.9 Å². The van der Waals surface area contributed by atoms with E-state index >= 15 is 0 Å². The van der Waals surface area contributed by atoms with E-state index in [4.69, 9.17) is 5.73 Å². The topological polar surface area (TPSA) is 102 Å². The van der Waals surface area contributed by atoms with Crippen LogP contribution in [0.4, 0.5) is 0 Å². The lowest BCUT2D eigenvalue weighted by atomic mass is 10.3. The molecule has 0 spiro atoms. The van der Waals surface area contributed by atoms with E-state index in [0.717, 1.165) is 0 Å². The van der Waals surface area contributed by atoms with Gasteiger partial charge in [0, 0.05) is 6.20 Å². The number of primary amides is 1. The Morgan fingerprint density at radius 3 is 3.20 bits per heavy atom. The number of carbonyl (C=O) groups is 1. The smallest absolute Gasteiger partial charge is 0.252 e. The molecule has 0 unspecified atom stereocenters. The molecule has 1 amide bonds. The number of hydrogen-bond donors (Lipinski definition) is 2. The first-order valence-electron chi connectivity index (χ1n) is 4.23. The van der Waals surface area contributed by atoms with Crippen LogP contribution >= 0.6 is 0 Å². The molecule has 7 nitrogen and oxygen atoms in total. The summed E-state index contributed by atoms with van der Waals surface area (Å²) in [6, 6.07) is 0. The second kappa shape index (κ2) is 2.53. The van der Waals surface area contributed by atoms with Crippen LogP contribution in [0.15, 0.2) is 18.7 Å². The molecular formula is C8H6N6O. The zero-order valence-corrected chi connectivity index (χ0v) is 7.51. The second-order valence-corrected chi connectivity index (χ2v) is 3.08. The van der Waals surface area contributed by atoms with Gasteiger partial charge < -0.3 is 10.7 Å². The van der Waals surface area contributed by atoms with Gasteiger partial charge in [0.15, 0.2) is 11.3 Å². The molecule has 7 heteroatoms. The molecular weight excluding hydrogens is 196 g/mol. The predicted octanol–water partition coefficient (Wildman–Crippen LogP) is -0.296. The van der Waals surface area contributed by atoms with Gasteiger partial charge >= 0.3 is 0 Å². The summed E-state index contributed by atoms with van der Waals surface area (Å²) in [5.41, 5.74) is 7.38. The Kier molecular flexibility index (Phi) is 1.34. The Morgan fingerprint density at radius 1 is 1.53 bits per heavy atom. The number of nitrogens with two attached hydrogens (primary N) is 1. The lowest BCUT2D eigenvalue weighted by Gasteiger charge is -1.96.